The van der Waals surface area contributed by atoms with E-state index in [4.69, 9.17) is 9.47 Å². The van der Waals surface area contributed by atoms with Gasteiger partial charge in [0.15, 0.2) is 0 Å². The molecule has 1 rings (SSSR count). The number of unbranched alkanes of at least 4 members (excludes halogenated alkanes) is 9. The summed E-state index contributed by atoms with van der Waals surface area (Å²) in [7, 11) is 0. The first-order chi connectivity index (χ1) is 19.1. The molecule has 1 fully saturated rings. The van der Waals surface area contributed by atoms with Crippen molar-refractivity contribution in [2.75, 3.05) is 32.9 Å². The molecule has 0 unspecified atom stereocenters. The SMILES string of the molecule is CCCCCCCC(=O)OCC(CCCCN(CCO)C1CCCCCCC1)COC(=O)CCCCCCC. The molecule has 0 saturated heterocycles. The summed E-state index contributed by atoms with van der Waals surface area (Å²) >= 11 is 0. The fraction of sp³-hybridized carbons (Fsp3) is 0.939. The molecule has 0 aromatic heterocycles. The van der Waals surface area contributed by atoms with E-state index in [0.717, 1.165) is 58.0 Å². The molecule has 0 bridgehead atoms. The molecule has 230 valence electrons. The molecule has 0 atom stereocenters. The zero-order valence-corrected chi connectivity index (χ0v) is 25.8. The van der Waals surface area contributed by atoms with Gasteiger partial charge in [0.1, 0.15) is 0 Å². The maximum absolute atomic E-state index is 12.3. The normalized spacial score (nSPS) is 14.9. The molecule has 39 heavy (non-hydrogen) atoms. The first kappa shape index (κ1) is 35.9. The predicted molar refractivity (Wildman–Crippen MR) is 161 cm³/mol. The molecule has 1 N–H and O–H groups in total. The van der Waals surface area contributed by atoms with Crippen LogP contribution in [0.25, 0.3) is 0 Å². The molecule has 1 aliphatic carbocycles. The largest absolute Gasteiger partial charge is 0.465 e. The van der Waals surface area contributed by atoms with Gasteiger partial charge in [-0.05, 0) is 45.1 Å². The van der Waals surface area contributed by atoms with Gasteiger partial charge in [-0.1, -0.05) is 104 Å². The van der Waals surface area contributed by atoms with Crippen LogP contribution in [-0.4, -0.2) is 60.9 Å². The summed E-state index contributed by atoms with van der Waals surface area (Å²) in [5.41, 5.74) is 0. The molecule has 6 nitrogen and oxygen atoms in total. The minimum atomic E-state index is -0.128. The fourth-order valence-corrected chi connectivity index (χ4v) is 5.68. The summed E-state index contributed by atoms with van der Waals surface area (Å²) < 4.78 is 11.3. The molecule has 0 radical (unpaired) electrons. The molecule has 6 heteroatoms. The van der Waals surface area contributed by atoms with Crippen LogP contribution in [0.3, 0.4) is 0 Å². The molecule has 0 amide bonds. The Bertz CT molecular complexity index is 546. The highest BCUT2D eigenvalue weighted by molar-refractivity contribution is 5.69. The van der Waals surface area contributed by atoms with Crippen LogP contribution in [0.5, 0.6) is 0 Å². The monoisotopic (exact) mass is 553 g/mol. The molecule has 0 aromatic carbocycles. The van der Waals surface area contributed by atoms with E-state index in [1.165, 1.54) is 83.5 Å². The fourth-order valence-electron chi connectivity index (χ4n) is 5.68. The lowest BCUT2D eigenvalue weighted by atomic mass is 9.95. The minimum Gasteiger partial charge on any atom is -0.465 e. The lowest BCUT2D eigenvalue weighted by Crippen LogP contribution is -2.38. The second-order valence-corrected chi connectivity index (χ2v) is 11.8. The Morgan fingerprint density at radius 3 is 1.72 bits per heavy atom. The van der Waals surface area contributed by atoms with Crippen LogP contribution in [0.15, 0.2) is 0 Å². The number of nitrogens with zero attached hydrogens (tertiary/aromatic N) is 1. The number of hydrogen-bond acceptors (Lipinski definition) is 6. The van der Waals surface area contributed by atoms with Gasteiger partial charge < -0.3 is 14.6 Å². The third kappa shape index (κ3) is 20.4. The van der Waals surface area contributed by atoms with Crippen molar-refractivity contribution < 1.29 is 24.2 Å². The zero-order chi connectivity index (χ0) is 28.4. The van der Waals surface area contributed by atoms with E-state index in [-0.39, 0.29) is 24.5 Å². The Hall–Kier alpha value is -1.14. The van der Waals surface area contributed by atoms with Crippen molar-refractivity contribution in [2.45, 2.75) is 161 Å². The molecule has 1 saturated carbocycles. The molecular formula is C33H63NO5. The smallest absolute Gasteiger partial charge is 0.305 e. The number of carbonyl (C=O) groups is 2. The van der Waals surface area contributed by atoms with Gasteiger partial charge in [0.2, 0.25) is 0 Å². The van der Waals surface area contributed by atoms with Crippen LogP contribution < -0.4 is 0 Å². The number of carbonyl (C=O) groups excluding carboxylic acids is 2. The van der Waals surface area contributed by atoms with Crippen molar-refractivity contribution >= 4 is 11.9 Å². The van der Waals surface area contributed by atoms with Crippen LogP contribution in [-0.2, 0) is 19.1 Å². The molecular weight excluding hydrogens is 490 g/mol. The lowest BCUT2D eigenvalue weighted by Gasteiger charge is -2.32. The summed E-state index contributed by atoms with van der Waals surface area (Å²) in [6.45, 7) is 7.00. The van der Waals surface area contributed by atoms with E-state index in [9.17, 15) is 14.7 Å². The number of aliphatic hydroxyl groups excluding tert-OH is 1. The van der Waals surface area contributed by atoms with E-state index in [0.29, 0.717) is 32.1 Å². The Morgan fingerprint density at radius 1 is 0.692 bits per heavy atom. The van der Waals surface area contributed by atoms with Crippen LogP contribution in [0, 0.1) is 5.92 Å². The molecule has 0 spiro atoms. The van der Waals surface area contributed by atoms with Crippen LogP contribution in [0.4, 0.5) is 0 Å². The van der Waals surface area contributed by atoms with Gasteiger partial charge >= 0.3 is 11.9 Å². The summed E-state index contributed by atoms with van der Waals surface area (Å²) in [5, 5.41) is 9.65. The minimum absolute atomic E-state index is 0.0470. The first-order valence-corrected chi connectivity index (χ1v) is 16.8. The molecule has 1 aliphatic rings. The second-order valence-electron chi connectivity index (χ2n) is 11.8. The van der Waals surface area contributed by atoms with E-state index < -0.39 is 0 Å². The van der Waals surface area contributed by atoms with Crippen molar-refractivity contribution in [1.29, 1.82) is 0 Å². The summed E-state index contributed by atoms with van der Waals surface area (Å²) in [4.78, 5) is 27.1. The summed E-state index contributed by atoms with van der Waals surface area (Å²) in [5.74, 6) is -0.208. The number of hydrogen-bond donors (Lipinski definition) is 1. The van der Waals surface area contributed by atoms with Crippen molar-refractivity contribution in [3.8, 4) is 0 Å². The summed E-state index contributed by atoms with van der Waals surface area (Å²) in [6.07, 6.45) is 24.1. The van der Waals surface area contributed by atoms with Crippen molar-refractivity contribution in [2.24, 2.45) is 5.92 Å². The second kappa shape index (κ2) is 25.8. The van der Waals surface area contributed by atoms with E-state index >= 15 is 0 Å². The number of esters is 2. The number of ether oxygens (including phenoxy) is 2. The standard InChI is InChI=1S/C33H63NO5/c1-3-5-7-10-16-23-32(36)38-28-30(29-39-33(37)24-17-11-8-6-4-2)20-18-19-25-34(26-27-35)31-21-14-12-9-13-15-22-31/h30-31,35H,3-29H2,1-2H3. The van der Waals surface area contributed by atoms with Crippen LogP contribution in [0.1, 0.15) is 155 Å². The third-order valence-electron chi connectivity index (χ3n) is 8.21. The van der Waals surface area contributed by atoms with Crippen LogP contribution in [0.2, 0.25) is 0 Å². The molecule has 0 aliphatic heterocycles. The van der Waals surface area contributed by atoms with Crippen LogP contribution >= 0.6 is 0 Å². The highest BCUT2D eigenvalue weighted by atomic mass is 16.5. The Labute approximate surface area is 241 Å². The third-order valence-corrected chi connectivity index (χ3v) is 8.21. The van der Waals surface area contributed by atoms with Gasteiger partial charge in [-0.3, -0.25) is 14.5 Å². The van der Waals surface area contributed by atoms with E-state index in [2.05, 4.69) is 18.7 Å². The first-order valence-electron chi connectivity index (χ1n) is 16.8. The van der Waals surface area contributed by atoms with Crippen molar-refractivity contribution in [1.82, 2.24) is 4.90 Å². The van der Waals surface area contributed by atoms with E-state index in [1.807, 2.05) is 0 Å². The lowest BCUT2D eigenvalue weighted by molar-refractivity contribution is -0.149. The van der Waals surface area contributed by atoms with Gasteiger partial charge in [0.05, 0.1) is 19.8 Å². The van der Waals surface area contributed by atoms with Gasteiger partial charge in [0, 0.05) is 31.3 Å². The van der Waals surface area contributed by atoms with Gasteiger partial charge in [0.25, 0.3) is 0 Å². The zero-order valence-electron chi connectivity index (χ0n) is 25.8. The summed E-state index contributed by atoms with van der Waals surface area (Å²) in [6, 6.07) is 0.588. The predicted octanol–water partition coefficient (Wildman–Crippen LogP) is 7.99. The van der Waals surface area contributed by atoms with Crippen molar-refractivity contribution in [3.05, 3.63) is 0 Å². The Morgan fingerprint density at radius 2 is 1.21 bits per heavy atom. The maximum Gasteiger partial charge on any atom is 0.305 e. The highest BCUT2D eigenvalue weighted by Gasteiger charge is 2.20. The van der Waals surface area contributed by atoms with Gasteiger partial charge in [-0.2, -0.15) is 0 Å². The van der Waals surface area contributed by atoms with E-state index in [1.54, 1.807) is 0 Å². The number of rotatable bonds is 24. The highest BCUT2D eigenvalue weighted by Crippen LogP contribution is 2.22. The molecule has 0 heterocycles. The van der Waals surface area contributed by atoms with Gasteiger partial charge in [-0.15, -0.1) is 0 Å². The maximum atomic E-state index is 12.3. The Balaban J connectivity index is 2.47. The number of aliphatic hydroxyl groups is 1. The quantitative estimate of drug-likeness (QED) is 0.0964. The Kier molecular flexibility index (Phi) is 23.7. The van der Waals surface area contributed by atoms with Gasteiger partial charge in [-0.25, -0.2) is 0 Å². The topological polar surface area (TPSA) is 76.1 Å². The average Bonchev–Trinajstić information content (AvgIpc) is 2.91. The van der Waals surface area contributed by atoms with Crippen molar-refractivity contribution in [3.63, 3.8) is 0 Å². The average molecular weight is 554 g/mol. The molecule has 0 aromatic rings.